The number of aliphatic hydroxyl groups excluding tert-OH is 1. The standard InChI is InChI=1S/C32H33NO6/c34-27(21-37-28-9-2-1-3-10-28)22-38-29-16-14-25(15-17-29)31-30(11-6-18-33(31)32(35)36)39-20-23-12-13-24-7-4-5-8-26(24)19-23/h1-5,7-10,12-17,19,27,30-31,34H,6,11,18,20-22H2,(H,35,36). The van der Waals surface area contributed by atoms with E-state index in [4.69, 9.17) is 14.2 Å². The number of nitrogens with zero attached hydrogens (tertiary/aromatic N) is 1. The quantitative estimate of drug-likeness (QED) is 0.261. The fourth-order valence-corrected chi connectivity index (χ4v) is 4.99. The molecule has 39 heavy (non-hydrogen) atoms. The SMILES string of the molecule is O=C(O)N1CCCC(OCc2ccc3ccccc3c2)C1c1ccc(OCC(O)COc2ccccc2)cc1. The molecule has 1 amide bonds. The van der Waals surface area contributed by atoms with Crippen LogP contribution in [0.1, 0.15) is 30.0 Å². The number of rotatable bonds is 10. The van der Waals surface area contributed by atoms with Gasteiger partial charge in [0.2, 0.25) is 0 Å². The minimum atomic E-state index is -0.958. The van der Waals surface area contributed by atoms with Gasteiger partial charge in [-0.25, -0.2) is 4.79 Å². The van der Waals surface area contributed by atoms with Crippen LogP contribution < -0.4 is 9.47 Å². The number of fused-ring (bicyclic) bond motifs is 1. The molecule has 202 valence electrons. The third-order valence-corrected chi connectivity index (χ3v) is 6.95. The molecule has 2 N–H and O–H groups in total. The van der Waals surface area contributed by atoms with Crippen molar-refractivity contribution in [1.82, 2.24) is 4.90 Å². The first kappa shape index (κ1) is 26.5. The van der Waals surface area contributed by atoms with Gasteiger partial charge in [-0.05, 0) is 65.1 Å². The van der Waals surface area contributed by atoms with Crippen molar-refractivity contribution in [3.8, 4) is 11.5 Å². The molecular weight excluding hydrogens is 494 g/mol. The Balaban J connectivity index is 1.22. The van der Waals surface area contributed by atoms with Gasteiger partial charge in [-0.1, -0.05) is 66.7 Å². The van der Waals surface area contributed by atoms with E-state index in [1.807, 2.05) is 54.6 Å². The molecule has 1 aliphatic heterocycles. The first-order valence-corrected chi connectivity index (χ1v) is 13.2. The van der Waals surface area contributed by atoms with E-state index in [0.717, 1.165) is 29.4 Å². The molecule has 0 aromatic heterocycles. The number of piperidine rings is 1. The molecule has 4 aromatic carbocycles. The maximum absolute atomic E-state index is 12.1. The van der Waals surface area contributed by atoms with Crippen molar-refractivity contribution in [2.45, 2.75) is 37.7 Å². The average molecular weight is 528 g/mol. The van der Waals surface area contributed by atoms with Crippen molar-refractivity contribution in [2.75, 3.05) is 19.8 Å². The van der Waals surface area contributed by atoms with Crippen LogP contribution >= 0.6 is 0 Å². The normalized spacial score (nSPS) is 18.0. The smallest absolute Gasteiger partial charge is 0.407 e. The minimum Gasteiger partial charge on any atom is -0.491 e. The molecule has 0 aliphatic carbocycles. The number of hydrogen-bond acceptors (Lipinski definition) is 5. The predicted octanol–water partition coefficient (Wildman–Crippen LogP) is 6.06. The summed E-state index contributed by atoms with van der Waals surface area (Å²) < 4.78 is 17.7. The minimum absolute atomic E-state index is 0.0777. The number of aliphatic hydroxyl groups is 1. The molecular formula is C32H33NO6. The maximum Gasteiger partial charge on any atom is 0.407 e. The number of carbonyl (C=O) groups is 1. The topological polar surface area (TPSA) is 88.5 Å². The van der Waals surface area contributed by atoms with Crippen LogP contribution in [-0.2, 0) is 11.3 Å². The number of hydrogen-bond donors (Lipinski definition) is 2. The third kappa shape index (κ3) is 6.88. The van der Waals surface area contributed by atoms with E-state index < -0.39 is 18.2 Å². The summed E-state index contributed by atoms with van der Waals surface area (Å²) in [7, 11) is 0. The van der Waals surface area contributed by atoms with Crippen LogP contribution in [0.5, 0.6) is 11.5 Å². The molecule has 3 unspecified atom stereocenters. The molecule has 1 aliphatic rings. The molecule has 7 nitrogen and oxygen atoms in total. The van der Waals surface area contributed by atoms with Crippen molar-refractivity contribution >= 4 is 16.9 Å². The van der Waals surface area contributed by atoms with Crippen LogP contribution in [0.3, 0.4) is 0 Å². The summed E-state index contributed by atoms with van der Waals surface area (Å²) in [5.41, 5.74) is 1.90. The molecule has 1 heterocycles. The van der Waals surface area contributed by atoms with Gasteiger partial charge in [0, 0.05) is 6.54 Å². The van der Waals surface area contributed by atoms with E-state index in [1.165, 1.54) is 10.3 Å². The Hall–Kier alpha value is -4.07. The Kier molecular flexibility index (Phi) is 8.61. The molecule has 0 spiro atoms. The zero-order valence-corrected chi connectivity index (χ0v) is 21.7. The Morgan fingerprint density at radius 2 is 1.51 bits per heavy atom. The lowest BCUT2D eigenvalue weighted by Crippen LogP contribution is -2.45. The van der Waals surface area contributed by atoms with Crippen molar-refractivity contribution in [3.63, 3.8) is 0 Å². The number of ether oxygens (including phenoxy) is 3. The highest BCUT2D eigenvalue weighted by Gasteiger charge is 2.36. The summed E-state index contributed by atoms with van der Waals surface area (Å²) in [6.45, 7) is 1.06. The van der Waals surface area contributed by atoms with Crippen LogP contribution in [0.15, 0.2) is 97.1 Å². The summed E-state index contributed by atoms with van der Waals surface area (Å²) >= 11 is 0. The van der Waals surface area contributed by atoms with E-state index in [-0.39, 0.29) is 19.3 Å². The monoisotopic (exact) mass is 527 g/mol. The second kappa shape index (κ2) is 12.7. The Morgan fingerprint density at radius 1 is 0.846 bits per heavy atom. The van der Waals surface area contributed by atoms with Crippen LogP contribution in [0.25, 0.3) is 10.8 Å². The largest absolute Gasteiger partial charge is 0.491 e. The molecule has 1 fully saturated rings. The molecule has 7 heteroatoms. The van der Waals surface area contributed by atoms with Crippen molar-refractivity contribution in [1.29, 1.82) is 0 Å². The molecule has 4 aromatic rings. The van der Waals surface area contributed by atoms with Gasteiger partial charge in [0.05, 0.1) is 18.8 Å². The van der Waals surface area contributed by atoms with Gasteiger partial charge in [0.25, 0.3) is 0 Å². The molecule has 3 atom stereocenters. The number of benzene rings is 4. The van der Waals surface area contributed by atoms with Gasteiger partial charge < -0.3 is 24.4 Å². The lowest BCUT2D eigenvalue weighted by molar-refractivity contribution is -0.0451. The second-order valence-electron chi connectivity index (χ2n) is 9.75. The molecule has 0 bridgehead atoms. The van der Waals surface area contributed by atoms with Crippen LogP contribution in [-0.4, -0.2) is 53.2 Å². The highest BCUT2D eigenvalue weighted by Crippen LogP contribution is 2.35. The first-order valence-electron chi connectivity index (χ1n) is 13.2. The highest BCUT2D eigenvalue weighted by atomic mass is 16.5. The van der Waals surface area contributed by atoms with E-state index in [0.29, 0.717) is 24.7 Å². The summed E-state index contributed by atoms with van der Waals surface area (Å²) in [5.74, 6) is 1.28. The van der Waals surface area contributed by atoms with Crippen LogP contribution in [0, 0.1) is 0 Å². The zero-order chi connectivity index (χ0) is 27.0. The molecule has 0 saturated carbocycles. The van der Waals surface area contributed by atoms with Gasteiger partial charge in [0.15, 0.2) is 0 Å². The second-order valence-corrected chi connectivity index (χ2v) is 9.75. The highest BCUT2D eigenvalue weighted by molar-refractivity contribution is 5.82. The van der Waals surface area contributed by atoms with Crippen LogP contribution in [0.4, 0.5) is 4.79 Å². The average Bonchev–Trinajstić information content (AvgIpc) is 2.98. The van der Waals surface area contributed by atoms with E-state index in [9.17, 15) is 15.0 Å². The number of likely N-dealkylation sites (tertiary alicyclic amines) is 1. The predicted molar refractivity (Wildman–Crippen MR) is 149 cm³/mol. The van der Waals surface area contributed by atoms with Gasteiger partial charge in [-0.2, -0.15) is 0 Å². The van der Waals surface area contributed by atoms with Crippen molar-refractivity contribution in [2.24, 2.45) is 0 Å². The summed E-state index contributed by atoms with van der Waals surface area (Å²) in [6.07, 6.45) is -0.507. The van der Waals surface area contributed by atoms with Crippen molar-refractivity contribution in [3.05, 3.63) is 108 Å². The van der Waals surface area contributed by atoms with E-state index in [2.05, 4.69) is 30.3 Å². The zero-order valence-electron chi connectivity index (χ0n) is 21.7. The lowest BCUT2D eigenvalue weighted by Gasteiger charge is -2.40. The van der Waals surface area contributed by atoms with E-state index >= 15 is 0 Å². The fourth-order valence-electron chi connectivity index (χ4n) is 4.99. The molecule has 1 saturated heterocycles. The Morgan fingerprint density at radius 3 is 2.23 bits per heavy atom. The lowest BCUT2D eigenvalue weighted by atomic mass is 9.92. The fraction of sp³-hybridized carbons (Fsp3) is 0.281. The van der Waals surface area contributed by atoms with Crippen LogP contribution in [0.2, 0.25) is 0 Å². The summed E-state index contributed by atoms with van der Waals surface area (Å²) in [6, 6.07) is 30.7. The number of amides is 1. The van der Waals surface area contributed by atoms with Gasteiger partial charge >= 0.3 is 6.09 Å². The maximum atomic E-state index is 12.1. The Labute approximate surface area is 228 Å². The Bertz CT molecular complexity index is 1360. The summed E-state index contributed by atoms with van der Waals surface area (Å²) in [4.78, 5) is 13.6. The molecule has 0 radical (unpaired) electrons. The van der Waals surface area contributed by atoms with Gasteiger partial charge in [0.1, 0.15) is 30.8 Å². The first-order chi connectivity index (χ1) is 19.1. The van der Waals surface area contributed by atoms with Gasteiger partial charge in [-0.15, -0.1) is 0 Å². The number of carboxylic acid groups (broad SMARTS) is 1. The number of para-hydroxylation sites is 1. The van der Waals surface area contributed by atoms with Gasteiger partial charge in [-0.3, -0.25) is 4.90 Å². The van der Waals surface area contributed by atoms with E-state index in [1.54, 1.807) is 12.1 Å². The third-order valence-electron chi connectivity index (χ3n) is 6.95. The molecule has 5 rings (SSSR count). The van der Waals surface area contributed by atoms with Crippen molar-refractivity contribution < 1.29 is 29.2 Å². The summed E-state index contributed by atoms with van der Waals surface area (Å²) in [5, 5.41) is 22.5.